The molecule has 0 amide bonds. The first-order valence-electron chi connectivity index (χ1n) is 6.93. The van der Waals surface area contributed by atoms with E-state index in [1.165, 1.54) is 6.33 Å². The van der Waals surface area contributed by atoms with E-state index in [4.69, 9.17) is 4.52 Å². The maximum Gasteiger partial charge on any atom is 0.156 e. The molecule has 2 N–H and O–H groups in total. The third-order valence-corrected chi connectivity index (χ3v) is 3.41. The van der Waals surface area contributed by atoms with Crippen LogP contribution in [-0.2, 0) is 6.54 Å². The molecular weight excluding hydrogens is 278 g/mol. The fourth-order valence-corrected chi connectivity index (χ4v) is 2.33. The number of benzene rings is 1. The van der Waals surface area contributed by atoms with Gasteiger partial charge in [-0.05, 0) is 6.07 Å². The maximum atomic E-state index is 5.37. The molecule has 4 rings (SSSR count). The average Bonchev–Trinajstić information content (AvgIpc) is 3.23. The van der Waals surface area contributed by atoms with Crippen molar-refractivity contribution in [2.75, 3.05) is 5.32 Å². The molecule has 0 fully saturated rings. The van der Waals surface area contributed by atoms with E-state index in [9.17, 15) is 0 Å². The van der Waals surface area contributed by atoms with Crippen LogP contribution in [0.2, 0.25) is 0 Å². The number of H-pyrrole nitrogens is 1. The second-order valence-electron chi connectivity index (χ2n) is 4.86. The van der Waals surface area contributed by atoms with Crippen LogP contribution in [0.1, 0.15) is 5.76 Å². The smallest absolute Gasteiger partial charge is 0.156 e. The van der Waals surface area contributed by atoms with Crippen LogP contribution in [0, 0.1) is 0 Å². The van der Waals surface area contributed by atoms with Gasteiger partial charge in [0.2, 0.25) is 0 Å². The summed E-state index contributed by atoms with van der Waals surface area (Å²) in [7, 11) is 0. The number of nitrogens with one attached hydrogen (secondary N) is 2. The van der Waals surface area contributed by atoms with Gasteiger partial charge in [-0.25, -0.2) is 9.97 Å². The Morgan fingerprint density at radius 2 is 2.00 bits per heavy atom. The molecule has 22 heavy (non-hydrogen) atoms. The van der Waals surface area contributed by atoms with Crippen molar-refractivity contribution >= 4 is 16.9 Å². The van der Waals surface area contributed by atoms with Gasteiger partial charge in [0, 0.05) is 17.8 Å². The van der Waals surface area contributed by atoms with E-state index in [1.54, 1.807) is 0 Å². The molecule has 108 valence electrons. The molecule has 0 saturated carbocycles. The first kappa shape index (κ1) is 12.6. The van der Waals surface area contributed by atoms with E-state index in [2.05, 4.69) is 25.4 Å². The third-order valence-electron chi connectivity index (χ3n) is 3.41. The highest BCUT2D eigenvalue weighted by atomic mass is 16.5. The van der Waals surface area contributed by atoms with E-state index < -0.39 is 0 Å². The molecule has 0 radical (unpaired) electrons. The zero-order valence-electron chi connectivity index (χ0n) is 11.7. The van der Waals surface area contributed by atoms with Gasteiger partial charge in [0.05, 0.1) is 11.9 Å². The van der Waals surface area contributed by atoms with Crippen LogP contribution >= 0.6 is 0 Å². The molecule has 0 aliphatic carbocycles. The molecule has 0 unspecified atom stereocenters. The topological polar surface area (TPSA) is 79.6 Å². The number of aromatic amines is 1. The number of fused-ring (bicyclic) bond motifs is 1. The summed E-state index contributed by atoms with van der Waals surface area (Å²) < 4.78 is 5.37. The Labute approximate surface area is 126 Å². The van der Waals surface area contributed by atoms with E-state index in [0.29, 0.717) is 6.54 Å². The second-order valence-corrected chi connectivity index (χ2v) is 4.86. The van der Waals surface area contributed by atoms with E-state index >= 15 is 0 Å². The molecule has 0 aliphatic rings. The quantitative estimate of drug-likeness (QED) is 0.603. The minimum absolute atomic E-state index is 0.511. The number of anilines is 1. The number of nitrogens with zero attached hydrogens (tertiary/aromatic N) is 3. The first-order chi connectivity index (χ1) is 10.9. The highest BCUT2D eigenvalue weighted by Gasteiger charge is 2.08. The van der Waals surface area contributed by atoms with Crippen molar-refractivity contribution in [1.29, 1.82) is 0 Å². The van der Waals surface area contributed by atoms with Crippen LogP contribution in [-0.4, -0.2) is 20.1 Å². The highest BCUT2D eigenvalue weighted by molar-refractivity contribution is 5.86. The average molecular weight is 291 g/mol. The van der Waals surface area contributed by atoms with Crippen LogP contribution in [0.15, 0.2) is 59.5 Å². The number of hydrogen-bond donors (Lipinski definition) is 2. The molecule has 6 nitrogen and oxygen atoms in total. The minimum atomic E-state index is 0.511. The van der Waals surface area contributed by atoms with Crippen LogP contribution in [0.3, 0.4) is 0 Å². The largest absolute Gasteiger partial charge is 0.362 e. The fraction of sp³-hybridized carbons (Fsp3) is 0.0625. The molecule has 0 spiro atoms. The lowest BCUT2D eigenvalue weighted by molar-refractivity contribution is 0.390. The van der Waals surface area contributed by atoms with Gasteiger partial charge < -0.3 is 14.8 Å². The molecule has 3 heterocycles. The summed E-state index contributed by atoms with van der Waals surface area (Å²) in [6.45, 7) is 0.511. The predicted octanol–water partition coefficient (Wildman–Crippen LogP) is 3.22. The standard InChI is InChI=1S/C16H13N5O/c1-2-4-11(5-3-1)14-8-12(22-21-14)9-18-16-13-6-7-17-15(13)19-10-20-16/h1-8,10H,9H2,(H2,17,18,19,20). The summed E-state index contributed by atoms with van der Waals surface area (Å²) >= 11 is 0. The molecule has 0 bridgehead atoms. The van der Waals surface area contributed by atoms with Crippen molar-refractivity contribution < 1.29 is 4.52 Å². The number of aromatic nitrogens is 4. The Bertz CT molecular complexity index is 897. The molecule has 0 saturated heterocycles. The summed E-state index contributed by atoms with van der Waals surface area (Å²) in [6, 6.07) is 13.8. The Kier molecular flexibility index (Phi) is 3.05. The molecule has 0 atom stereocenters. The molecule has 4 aromatic rings. The van der Waals surface area contributed by atoms with E-state index in [1.807, 2.05) is 48.7 Å². The highest BCUT2D eigenvalue weighted by Crippen LogP contribution is 2.21. The van der Waals surface area contributed by atoms with Gasteiger partial charge in [-0.3, -0.25) is 0 Å². The summed E-state index contributed by atoms with van der Waals surface area (Å²) in [6.07, 6.45) is 3.36. The third kappa shape index (κ3) is 2.31. The first-order valence-corrected chi connectivity index (χ1v) is 6.93. The zero-order valence-corrected chi connectivity index (χ0v) is 11.7. The van der Waals surface area contributed by atoms with Crippen molar-refractivity contribution in [3.8, 4) is 11.3 Å². The normalized spacial score (nSPS) is 10.9. The molecule has 0 aliphatic heterocycles. The summed E-state index contributed by atoms with van der Waals surface area (Å²) in [5.41, 5.74) is 2.67. The van der Waals surface area contributed by atoms with E-state index in [0.717, 1.165) is 33.9 Å². The van der Waals surface area contributed by atoms with Crippen molar-refractivity contribution in [3.05, 3.63) is 60.7 Å². The van der Waals surface area contributed by atoms with Gasteiger partial charge in [-0.1, -0.05) is 35.5 Å². The summed E-state index contributed by atoms with van der Waals surface area (Å²) in [5, 5.41) is 8.30. The van der Waals surface area contributed by atoms with Crippen molar-refractivity contribution in [2.24, 2.45) is 0 Å². The van der Waals surface area contributed by atoms with Crippen LogP contribution in [0.25, 0.3) is 22.3 Å². The lowest BCUT2D eigenvalue weighted by atomic mass is 10.1. The van der Waals surface area contributed by atoms with Gasteiger partial charge >= 0.3 is 0 Å². The van der Waals surface area contributed by atoms with Gasteiger partial charge in [0.1, 0.15) is 23.5 Å². The van der Waals surface area contributed by atoms with Crippen LogP contribution < -0.4 is 5.32 Å². The maximum absolute atomic E-state index is 5.37. The van der Waals surface area contributed by atoms with Crippen molar-refractivity contribution in [2.45, 2.75) is 6.54 Å². The summed E-state index contributed by atoms with van der Waals surface area (Å²) in [5.74, 6) is 1.52. The number of rotatable bonds is 4. The molecule has 1 aromatic carbocycles. The van der Waals surface area contributed by atoms with Gasteiger partial charge in [-0.2, -0.15) is 0 Å². The Balaban J connectivity index is 1.53. The van der Waals surface area contributed by atoms with Gasteiger partial charge in [0.15, 0.2) is 5.76 Å². The molecular formula is C16H13N5O. The van der Waals surface area contributed by atoms with Crippen molar-refractivity contribution in [1.82, 2.24) is 20.1 Å². The van der Waals surface area contributed by atoms with Gasteiger partial charge in [0.25, 0.3) is 0 Å². The Hall–Kier alpha value is -3.15. The lowest BCUT2D eigenvalue weighted by Gasteiger charge is -2.03. The second kappa shape index (κ2) is 5.33. The number of hydrogen-bond acceptors (Lipinski definition) is 5. The Morgan fingerprint density at radius 1 is 1.09 bits per heavy atom. The Morgan fingerprint density at radius 3 is 2.91 bits per heavy atom. The molecule has 6 heteroatoms. The molecule has 3 aromatic heterocycles. The lowest BCUT2D eigenvalue weighted by Crippen LogP contribution is -2.01. The fourth-order valence-electron chi connectivity index (χ4n) is 2.33. The van der Waals surface area contributed by atoms with Crippen LogP contribution in [0.4, 0.5) is 5.82 Å². The summed E-state index contributed by atoms with van der Waals surface area (Å²) in [4.78, 5) is 11.5. The SMILES string of the molecule is c1ccc(-c2cc(CNc3ncnc4[nH]ccc34)on2)cc1. The zero-order chi connectivity index (χ0) is 14.8. The van der Waals surface area contributed by atoms with Crippen molar-refractivity contribution in [3.63, 3.8) is 0 Å². The predicted molar refractivity (Wildman–Crippen MR) is 83.2 cm³/mol. The van der Waals surface area contributed by atoms with Gasteiger partial charge in [-0.15, -0.1) is 0 Å². The van der Waals surface area contributed by atoms with Crippen LogP contribution in [0.5, 0.6) is 0 Å². The van der Waals surface area contributed by atoms with E-state index in [-0.39, 0.29) is 0 Å². The monoisotopic (exact) mass is 291 g/mol. The minimum Gasteiger partial charge on any atom is -0.362 e.